The maximum absolute atomic E-state index is 12.3. The van der Waals surface area contributed by atoms with Crippen molar-refractivity contribution in [3.8, 4) is 0 Å². The number of nitrogens with zero attached hydrogens (tertiary/aromatic N) is 2. The van der Waals surface area contributed by atoms with Crippen molar-refractivity contribution in [1.29, 1.82) is 0 Å². The molecule has 2 rings (SSSR count). The van der Waals surface area contributed by atoms with Crippen molar-refractivity contribution in [2.45, 2.75) is 53.5 Å². The summed E-state index contributed by atoms with van der Waals surface area (Å²) in [6.45, 7) is 16.5. The van der Waals surface area contributed by atoms with Crippen LogP contribution in [-0.4, -0.2) is 55.0 Å². The lowest BCUT2D eigenvalue weighted by Gasteiger charge is -2.34. The zero-order valence-corrected chi connectivity index (χ0v) is 17.8. The summed E-state index contributed by atoms with van der Waals surface area (Å²) in [5.74, 6) is 1.68. The van der Waals surface area contributed by atoms with Gasteiger partial charge in [-0.25, -0.2) is 0 Å². The van der Waals surface area contributed by atoms with E-state index in [2.05, 4.69) is 54.9 Å². The van der Waals surface area contributed by atoms with E-state index >= 15 is 0 Å². The van der Waals surface area contributed by atoms with Crippen LogP contribution in [0.3, 0.4) is 0 Å². The molecule has 0 aromatic heterocycles. The first kappa shape index (κ1) is 21.9. The Kier molecular flexibility index (Phi) is 9.29. The van der Waals surface area contributed by atoms with Gasteiger partial charge in [-0.3, -0.25) is 9.69 Å². The Bertz CT molecular complexity index is 543. The first-order chi connectivity index (χ1) is 13.0. The Labute approximate surface area is 166 Å². The smallest absolute Gasteiger partial charge is 0.251 e. The fourth-order valence-corrected chi connectivity index (χ4v) is 4.21. The van der Waals surface area contributed by atoms with Gasteiger partial charge in [-0.15, -0.1) is 0 Å². The van der Waals surface area contributed by atoms with Gasteiger partial charge < -0.3 is 10.2 Å². The monoisotopic (exact) mass is 373 g/mol. The van der Waals surface area contributed by atoms with Gasteiger partial charge in [0.05, 0.1) is 0 Å². The zero-order valence-electron chi connectivity index (χ0n) is 17.8. The number of nitrogens with one attached hydrogen (secondary N) is 1. The third-order valence-corrected chi connectivity index (χ3v) is 5.65. The number of unbranched alkanes of at least 4 members (excludes halogenated alkanes) is 1. The molecule has 1 aliphatic heterocycles. The molecule has 2 unspecified atom stereocenters. The molecule has 1 aliphatic rings. The first-order valence-electron chi connectivity index (χ1n) is 10.8. The maximum Gasteiger partial charge on any atom is 0.251 e. The van der Waals surface area contributed by atoms with E-state index in [4.69, 9.17) is 0 Å². The lowest BCUT2D eigenvalue weighted by molar-refractivity contribution is 0.0951. The summed E-state index contributed by atoms with van der Waals surface area (Å²) >= 11 is 0. The van der Waals surface area contributed by atoms with Crippen molar-refractivity contribution >= 4 is 5.91 Å². The molecule has 4 nitrogen and oxygen atoms in total. The molecule has 0 aliphatic carbocycles. The summed E-state index contributed by atoms with van der Waals surface area (Å²) in [5.41, 5.74) is 2.03. The highest BCUT2D eigenvalue weighted by atomic mass is 16.1. The molecule has 1 aromatic carbocycles. The Morgan fingerprint density at radius 1 is 1.07 bits per heavy atom. The first-order valence-corrected chi connectivity index (χ1v) is 10.8. The number of carbonyl (C=O) groups is 1. The van der Waals surface area contributed by atoms with E-state index in [0.29, 0.717) is 0 Å². The van der Waals surface area contributed by atoms with Crippen molar-refractivity contribution in [2.75, 3.05) is 39.3 Å². The third-order valence-electron chi connectivity index (χ3n) is 5.65. The molecule has 1 saturated heterocycles. The Balaban J connectivity index is 1.65. The van der Waals surface area contributed by atoms with Crippen LogP contribution in [0.1, 0.15) is 62.9 Å². The number of piperidine rings is 1. The molecule has 0 radical (unpaired) electrons. The van der Waals surface area contributed by atoms with Gasteiger partial charge in [0.15, 0.2) is 0 Å². The Hall–Kier alpha value is -1.39. The van der Waals surface area contributed by atoms with Gasteiger partial charge in [0, 0.05) is 31.7 Å². The molecule has 1 N–H and O–H groups in total. The number of benzene rings is 1. The van der Waals surface area contributed by atoms with E-state index < -0.39 is 0 Å². The van der Waals surface area contributed by atoms with Crippen molar-refractivity contribution in [3.63, 3.8) is 0 Å². The van der Waals surface area contributed by atoms with Crippen molar-refractivity contribution in [3.05, 3.63) is 35.4 Å². The lowest BCUT2D eigenvalue weighted by atomic mass is 9.92. The van der Waals surface area contributed by atoms with E-state index in [1.165, 1.54) is 25.1 Å². The largest absolute Gasteiger partial charge is 0.352 e. The minimum atomic E-state index is 0.0459. The number of hydrogen-bond donors (Lipinski definition) is 1. The van der Waals surface area contributed by atoms with Crippen molar-refractivity contribution < 1.29 is 4.79 Å². The third kappa shape index (κ3) is 7.63. The van der Waals surface area contributed by atoms with Gasteiger partial charge in [-0.05, 0) is 68.4 Å². The quantitative estimate of drug-likeness (QED) is 0.629. The highest BCUT2D eigenvalue weighted by Crippen LogP contribution is 2.20. The van der Waals surface area contributed by atoms with Crippen LogP contribution in [0.4, 0.5) is 0 Å². The van der Waals surface area contributed by atoms with Crippen LogP contribution < -0.4 is 5.32 Å². The van der Waals surface area contributed by atoms with E-state index in [1.54, 1.807) is 0 Å². The van der Waals surface area contributed by atoms with Crippen LogP contribution in [-0.2, 0) is 6.54 Å². The van der Waals surface area contributed by atoms with Gasteiger partial charge >= 0.3 is 0 Å². The average Bonchev–Trinajstić information content (AvgIpc) is 2.65. The fourth-order valence-electron chi connectivity index (χ4n) is 4.21. The molecule has 152 valence electrons. The maximum atomic E-state index is 12.3. The van der Waals surface area contributed by atoms with E-state index in [0.717, 1.165) is 63.0 Å². The molecule has 4 heteroatoms. The molecule has 1 fully saturated rings. The summed E-state index contributed by atoms with van der Waals surface area (Å²) in [6, 6.07) is 8.05. The molecule has 27 heavy (non-hydrogen) atoms. The summed E-state index contributed by atoms with van der Waals surface area (Å²) < 4.78 is 0. The SMILES string of the molecule is CCN(CC)Cc1ccc(C(=O)NCCCCN2CC(C)CC(C)C2)cc1. The topological polar surface area (TPSA) is 35.6 Å². The molecule has 1 heterocycles. The van der Waals surface area contributed by atoms with Gasteiger partial charge in [-0.1, -0.05) is 39.8 Å². The normalized spacial score (nSPS) is 20.8. The van der Waals surface area contributed by atoms with Gasteiger partial charge in [0.25, 0.3) is 5.91 Å². The van der Waals surface area contributed by atoms with E-state index in [-0.39, 0.29) is 5.91 Å². The van der Waals surface area contributed by atoms with E-state index in [1.807, 2.05) is 12.1 Å². The number of hydrogen-bond acceptors (Lipinski definition) is 3. The van der Waals surface area contributed by atoms with Crippen molar-refractivity contribution in [1.82, 2.24) is 15.1 Å². The second kappa shape index (κ2) is 11.5. The second-order valence-electron chi connectivity index (χ2n) is 8.33. The molecule has 2 atom stereocenters. The predicted molar refractivity (Wildman–Crippen MR) is 114 cm³/mol. The average molecular weight is 374 g/mol. The highest BCUT2D eigenvalue weighted by Gasteiger charge is 2.20. The molecule has 0 spiro atoms. The van der Waals surface area contributed by atoms with Gasteiger partial charge in [0.1, 0.15) is 0 Å². The Morgan fingerprint density at radius 2 is 1.70 bits per heavy atom. The number of likely N-dealkylation sites (tertiary alicyclic amines) is 1. The molecule has 1 aromatic rings. The van der Waals surface area contributed by atoms with Crippen LogP contribution >= 0.6 is 0 Å². The number of rotatable bonds is 10. The summed E-state index contributed by atoms with van der Waals surface area (Å²) in [5, 5.41) is 3.07. The minimum Gasteiger partial charge on any atom is -0.352 e. The molecule has 0 bridgehead atoms. The number of carbonyl (C=O) groups excluding carboxylic acids is 1. The molecular formula is C23H39N3O. The highest BCUT2D eigenvalue weighted by molar-refractivity contribution is 5.94. The predicted octanol–water partition coefficient (Wildman–Crippen LogP) is 4.02. The molecule has 0 saturated carbocycles. The summed E-state index contributed by atoms with van der Waals surface area (Å²) in [7, 11) is 0. The summed E-state index contributed by atoms with van der Waals surface area (Å²) in [6.07, 6.45) is 3.56. The van der Waals surface area contributed by atoms with Crippen LogP contribution in [0.25, 0.3) is 0 Å². The Morgan fingerprint density at radius 3 is 2.30 bits per heavy atom. The second-order valence-corrected chi connectivity index (χ2v) is 8.33. The number of amides is 1. The lowest BCUT2D eigenvalue weighted by Crippen LogP contribution is -2.39. The van der Waals surface area contributed by atoms with Gasteiger partial charge in [-0.2, -0.15) is 0 Å². The van der Waals surface area contributed by atoms with Crippen LogP contribution in [0.2, 0.25) is 0 Å². The van der Waals surface area contributed by atoms with Crippen molar-refractivity contribution in [2.24, 2.45) is 11.8 Å². The summed E-state index contributed by atoms with van der Waals surface area (Å²) in [4.78, 5) is 17.3. The van der Waals surface area contributed by atoms with E-state index in [9.17, 15) is 4.79 Å². The zero-order chi connectivity index (χ0) is 19.6. The van der Waals surface area contributed by atoms with Gasteiger partial charge in [0.2, 0.25) is 0 Å². The van der Waals surface area contributed by atoms with Crippen LogP contribution in [0.5, 0.6) is 0 Å². The van der Waals surface area contributed by atoms with Crippen LogP contribution in [0.15, 0.2) is 24.3 Å². The minimum absolute atomic E-state index is 0.0459. The van der Waals surface area contributed by atoms with Crippen LogP contribution in [0, 0.1) is 11.8 Å². The molecule has 1 amide bonds. The fraction of sp³-hybridized carbons (Fsp3) is 0.696. The molecular weight excluding hydrogens is 334 g/mol. The standard InChI is InChI=1S/C23H39N3O/c1-5-25(6-2)18-21-9-11-22(12-10-21)23(27)24-13-7-8-14-26-16-19(3)15-20(4)17-26/h9-12,19-20H,5-8,13-18H2,1-4H3,(H,24,27).